The molecule has 0 aliphatic carbocycles. The van der Waals surface area contributed by atoms with Crippen LogP contribution in [0.5, 0.6) is 0 Å². The summed E-state index contributed by atoms with van der Waals surface area (Å²) >= 11 is 5.90. The monoisotopic (exact) mass is 364 g/mol. The van der Waals surface area contributed by atoms with Crippen molar-refractivity contribution in [3.8, 4) is 0 Å². The Hall–Kier alpha value is -3.11. The zero-order valence-electron chi connectivity index (χ0n) is 14.1. The third-order valence-electron chi connectivity index (χ3n) is 3.77. The molecule has 0 unspecified atom stereocenters. The quantitative estimate of drug-likeness (QED) is 0.672. The second kappa shape index (κ2) is 7.85. The van der Waals surface area contributed by atoms with E-state index in [1.165, 1.54) is 0 Å². The molecule has 0 aliphatic rings. The maximum absolute atomic E-state index is 12.3. The van der Waals surface area contributed by atoms with Gasteiger partial charge in [-0.15, -0.1) is 0 Å². The first-order valence-electron chi connectivity index (χ1n) is 8.06. The summed E-state index contributed by atoms with van der Waals surface area (Å²) in [5, 5.41) is 6.14. The molecule has 0 radical (unpaired) electrons. The Morgan fingerprint density at radius 3 is 1.73 bits per heavy atom. The minimum absolute atomic E-state index is 0.176. The third kappa shape index (κ3) is 4.49. The summed E-state index contributed by atoms with van der Waals surface area (Å²) in [6, 6.07) is 21.0. The summed E-state index contributed by atoms with van der Waals surface area (Å²) in [5.74, 6) is -0.423. The fourth-order valence-electron chi connectivity index (χ4n) is 2.46. The van der Waals surface area contributed by atoms with E-state index >= 15 is 0 Å². The van der Waals surface area contributed by atoms with Gasteiger partial charge in [0.05, 0.1) is 0 Å². The lowest BCUT2D eigenvalue weighted by Gasteiger charge is -2.09. The summed E-state index contributed by atoms with van der Waals surface area (Å²) in [6.07, 6.45) is 0. The number of hydrogen-bond acceptors (Lipinski definition) is 2. The van der Waals surface area contributed by atoms with E-state index in [2.05, 4.69) is 10.6 Å². The first kappa shape index (κ1) is 17.7. The van der Waals surface area contributed by atoms with Crippen LogP contribution in [0.25, 0.3) is 0 Å². The largest absolute Gasteiger partial charge is 0.322 e. The number of halogens is 1. The number of hydrogen-bond donors (Lipinski definition) is 2. The Kier molecular flexibility index (Phi) is 5.34. The van der Waals surface area contributed by atoms with Crippen LogP contribution in [0.4, 0.5) is 11.4 Å². The molecule has 2 amide bonds. The standard InChI is InChI=1S/C21H17ClN2O2/c1-14-4-2-5-15(12-14)20(25)23-18-8-10-19(11-9-18)24-21(26)16-6-3-7-17(22)13-16/h2-13H,1H3,(H,23,25)(H,24,26). The van der Waals surface area contributed by atoms with Crippen LogP contribution in [-0.2, 0) is 0 Å². The molecule has 0 bridgehead atoms. The van der Waals surface area contributed by atoms with Crippen molar-refractivity contribution in [3.05, 3.63) is 94.5 Å². The smallest absolute Gasteiger partial charge is 0.255 e. The Labute approximate surface area is 156 Å². The summed E-state index contributed by atoms with van der Waals surface area (Å²) in [7, 11) is 0. The van der Waals surface area contributed by atoms with Crippen LogP contribution in [0.15, 0.2) is 72.8 Å². The van der Waals surface area contributed by atoms with Gasteiger partial charge in [0.25, 0.3) is 11.8 Å². The Bertz CT molecular complexity index is 874. The zero-order valence-corrected chi connectivity index (χ0v) is 14.9. The highest BCUT2D eigenvalue weighted by atomic mass is 35.5. The van der Waals surface area contributed by atoms with E-state index in [-0.39, 0.29) is 11.8 Å². The van der Waals surface area contributed by atoms with Crippen LogP contribution in [0, 0.1) is 6.92 Å². The normalized spacial score (nSPS) is 10.2. The van der Waals surface area contributed by atoms with Gasteiger partial charge in [0.1, 0.15) is 0 Å². The molecule has 3 rings (SSSR count). The summed E-state index contributed by atoms with van der Waals surface area (Å²) in [4.78, 5) is 24.5. The number of amides is 2. The SMILES string of the molecule is Cc1cccc(C(=O)Nc2ccc(NC(=O)c3cccc(Cl)c3)cc2)c1. The second-order valence-electron chi connectivity index (χ2n) is 5.87. The maximum Gasteiger partial charge on any atom is 0.255 e. The molecule has 4 nitrogen and oxygen atoms in total. The summed E-state index contributed by atoms with van der Waals surface area (Å²) in [5.41, 5.74) is 3.38. The van der Waals surface area contributed by atoms with Crippen LogP contribution in [0.1, 0.15) is 26.3 Å². The van der Waals surface area contributed by atoms with Crippen LogP contribution >= 0.6 is 11.6 Å². The van der Waals surface area contributed by atoms with Crippen molar-refractivity contribution >= 4 is 34.8 Å². The topological polar surface area (TPSA) is 58.2 Å². The lowest BCUT2D eigenvalue weighted by Crippen LogP contribution is -2.13. The van der Waals surface area contributed by atoms with Gasteiger partial charge in [-0.1, -0.05) is 35.4 Å². The fraction of sp³-hybridized carbons (Fsp3) is 0.0476. The van der Waals surface area contributed by atoms with Gasteiger partial charge in [-0.3, -0.25) is 9.59 Å². The molecule has 130 valence electrons. The average Bonchev–Trinajstić information content (AvgIpc) is 2.63. The van der Waals surface area contributed by atoms with Crippen LogP contribution < -0.4 is 10.6 Å². The number of benzene rings is 3. The molecule has 0 aliphatic heterocycles. The average molecular weight is 365 g/mol. The van der Waals surface area contributed by atoms with Crippen LogP contribution in [-0.4, -0.2) is 11.8 Å². The summed E-state index contributed by atoms with van der Waals surface area (Å²) < 4.78 is 0. The highest BCUT2D eigenvalue weighted by Gasteiger charge is 2.08. The van der Waals surface area contributed by atoms with Gasteiger partial charge in [0.15, 0.2) is 0 Å². The fourth-order valence-corrected chi connectivity index (χ4v) is 2.65. The second-order valence-corrected chi connectivity index (χ2v) is 6.30. The molecule has 5 heteroatoms. The van der Waals surface area contributed by atoms with Gasteiger partial charge in [-0.2, -0.15) is 0 Å². The van der Waals surface area contributed by atoms with E-state index in [9.17, 15) is 9.59 Å². The minimum atomic E-state index is -0.246. The predicted octanol–water partition coefficient (Wildman–Crippen LogP) is 5.15. The van der Waals surface area contributed by atoms with Crippen molar-refractivity contribution in [1.82, 2.24) is 0 Å². The van der Waals surface area contributed by atoms with Crippen molar-refractivity contribution in [2.45, 2.75) is 6.92 Å². The molecule has 2 N–H and O–H groups in total. The van der Waals surface area contributed by atoms with E-state index < -0.39 is 0 Å². The molecule has 0 atom stereocenters. The van der Waals surface area contributed by atoms with Crippen molar-refractivity contribution in [2.24, 2.45) is 0 Å². The molecule has 0 spiro atoms. The molecular formula is C21H17ClN2O2. The van der Waals surface area contributed by atoms with E-state index in [1.54, 1.807) is 54.6 Å². The summed E-state index contributed by atoms with van der Waals surface area (Å²) in [6.45, 7) is 1.94. The Morgan fingerprint density at radius 2 is 1.23 bits per heavy atom. The molecule has 0 saturated heterocycles. The van der Waals surface area contributed by atoms with Crippen molar-refractivity contribution in [3.63, 3.8) is 0 Å². The van der Waals surface area contributed by atoms with Crippen molar-refractivity contribution in [1.29, 1.82) is 0 Å². The van der Waals surface area contributed by atoms with Crippen LogP contribution in [0.3, 0.4) is 0 Å². The molecule has 26 heavy (non-hydrogen) atoms. The molecule has 0 aromatic heterocycles. The highest BCUT2D eigenvalue weighted by Crippen LogP contribution is 2.17. The Balaban J connectivity index is 1.65. The molecule has 3 aromatic carbocycles. The molecule has 0 fully saturated rings. The number of carbonyl (C=O) groups is 2. The van der Waals surface area contributed by atoms with Crippen molar-refractivity contribution < 1.29 is 9.59 Å². The number of aryl methyl sites for hydroxylation is 1. The van der Waals surface area contributed by atoms with E-state index in [0.717, 1.165) is 5.56 Å². The number of rotatable bonds is 4. The van der Waals surface area contributed by atoms with Gasteiger partial charge < -0.3 is 10.6 Å². The number of carbonyl (C=O) groups excluding carboxylic acids is 2. The molecule has 3 aromatic rings. The Morgan fingerprint density at radius 1 is 0.731 bits per heavy atom. The van der Waals surface area contributed by atoms with Crippen molar-refractivity contribution in [2.75, 3.05) is 10.6 Å². The highest BCUT2D eigenvalue weighted by molar-refractivity contribution is 6.31. The van der Waals surface area contributed by atoms with Gasteiger partial charge >= 0.3 is 0 Å². The zero-order chi connectivity index (χ0) is 18.5. The van der Waals surface area contributed by atoms with Gasteiger partial charge in [0.2, 0.25) is 0 Å². The van der Waals surface area contributed by atoms with E-state index in [4.69, 9.17) is 11.6 Å². The van der Waals surface area contributed by atoms with E-state index in [0.29, 0.717) is 27.5 Å². The lowest BCUT2D eigenvalue weighted by molar-refractivity contribution is 0.101. The molecular weight excluding hydrogens is 348 g/mol. The van der Waals surface area contributed by atoms with Crippen LogP contribution in [0.2, 0.25) is 5.02 Å². The molecule has 0 heterocycles. The van der Waals surface area contributed by atoms with Gasteiger partial charge in [-0.05, 0) is 61.5 Å². The maximum atomic E-state index is 12.3. The first-order valence-corrected chi connectivity index (χ1v) is 8.44. The third-order valence-corrected chi connectivity index (χ3v) is 4.00. The number of anilines is 2. The van der Waals surface area contributed by atoms with Gasteiger partial charge in [0, 0.05) is 27.5 Å². The van der Waals surface area contributed by atoms with Gasteiger partial charge in [-0.25, -0.2) is 0 Å². The van der Waals surface area contributed by atoms with E-state index in [1.807, 2.05) is 25.1 Å². The lowest BCUT2D eigenvalue weighted by atomic mass is 10.1. The molecule has 0 saturated carbocycles. The number of nitrogens with one attached hydrogen (secondary N) is 2. The minimum Gasteiger partial charge on any atom is -0.322 e. The predicted molar refractivity (Wildman–Crippen MR) is 105 cm³/mol. The first-order chi connectivity index (χ1) is 12.5.